The summed E-state index contributed by atoms with van der Waals surface area (Å²) >= 11 is 1.75. The molecule has 0 aliphatic carbocycles. The van der Waals surface area contributed by atoms with Crippen LogP contribution in [-0.2, 0) is 6.42 Å². The van der Waals surface area contributed by atoms with E-state index in [4.69, 9.17) is 0 Å². The maximum absolute atomic E-state index is 12.9. The number of aryl methyl sites for hydroxylation is 2. The SMILES string of the molecule is CCN(C(=O)c1ccc(C)cc1)C1CCN(CCc2scnc2C)C1. The van der Waals surface area contributed by atoms with Gasteiger partial charge in [-0.3, -0.25) is 4.79 Å². The van der Waals surface area contributed by atoms with Crippen molar-refractivity contribution in [2.75, 3.05) is 26.2 Å². The molecule has 2 heterocycles. The molecular formula is C20H27N3OS. The Morgan fingerprint density at radius 2 is 2.08 bits per heavy atom. The molecule has 1 aromatic heterocycles. The molecule has 5 heteroatoms. The molecule has 1 amide bonds. The number of likely N-dealkylation sites (N-methyl/N-ethyl adjacent to an activating group) is 1. The monoisotopic (exact) mass is 357 g/mol. The summed E-state index contributed by atoms with van der Waals surface area (Å²) in [7, 11) is 0. The largest absolute Gasteiger partial charge is 0.335 e. The average molecular weight is 358 g/mol. The van der Waals surface area contributed by atoms with Gasteiger partial charge < -0.3 is 9.80 Å². The molecule has 0 saturated carbocycles. The Hall–Kier alpha value is -1.72. The molecule has 0 N–H and O–H groups in total. The highest BCUT2D eigenvalue weighted by molar-refractivity contribution is 7.09. The first-order chi connectivity index (χ1) is 12.1. The van der Waals surface area contributed by atoms with Gasteiger partial charge in [0, 0.05) is 42.7 Å². The molecule has 0 bridgehead atoms. The van der Waals surface area contributed by atoms with Crippen LogP contribution in [0, 0.1) is 13.8 Å². The minimum Gasteiger partial charge on any atom is -0.335 e. The first-order valence-electron chi connectivity index (χ1n) is 9.07. The number of likely N-dealkylation sites (tertiary alicyclic amines) is 1. The number of hydrogen-bond acceptors (Lipinski definition) is 4. The zero-order chi connectivity index (χ0) is 17.8. The molecule has 1 unspecified atom stereocenters. The maximum atomic E-state index is 12.9. The summed E-state index contributed by atoms with van der Waals surface area (Å²) in [5, 5.41) is 0. The minimum atomic E-state index is 0.160. The van der Waals surface area contributed by atoms with Crippen molar-refractivity contribution < 1.29 is 4.79 Å². The normalized spacial score (nSPS) is 17.8. The lowest BCUT2D eigenvalue weighted by Gasteiger charge is -2.28. The number of rotatable bonds is 6. The zero-order valence-corrected chi connectivity index (χ0v) is 16.2. The Bertz CT molecular complexity index is 710. The molecule has 2 aromatic rings. The standard InChI is InChI=1S/C20H27N3OS/c1-4-23(20(24)17-7-5-15(2)6-8-17)18-9-11-22(13-18)12-10-19-16(3)21-14-25-19/h5-8,14,18H,4,9-13H2,1-3H3. The van der Waals surface area contributed by atoms with Crippen molar-refractivity contribution in [3.8, 4) is 0 Å². The first kappa shape index (κ1) is 18.1. The third-order valence-electron chi connectivity index (χ3n) is 5.09. The van der Waals surface area contributed by atoms with Crippen LogP contribution in [0.1, 0.15) is 39.8 Å². The number of nitrogens with zero attached hydrogens (tertiary/aromatic N) is 3. The molecule has 0 radical (unpaired) electrons. The van der Waals surface area contributed by atoms with E-state index < -0.39 is 0 Å². The van der Waals surface area contributed by atoms with Crippen molar-refractivity contribution in [1.82, 2.24) is 14.8 Å². The molecule has 25 heavy (non-hydrogen) atoms. The summed E-state index contributed by atoms with van der Waals surface area (Å²) in [6, 6.07) is 8.24. The van der Waals surface area contributed by atoms with Crippen molar-refractivity contribution in [2.45, 2.75) is 39.7 Å². The second-order valence-electron chi connectivity index (χ2n) is 6.81. The number of carbonyl (C=O) groups is 1. The summed E-state index contributed by atoms with van der Waals surface area (Å²) in [6.45, 7) is 10.1. The molecule has 134 valence electrons. The Kier molecular flexibility index (Phi) is 5.86. The fraction of sp³-hybridized carbons (Fsp3) is 0.500. The summed E-state index contributed by atoms with van der Waals surface area (Å²) < 4.78 is 0. The number of hydrogen-bond donors (Lipinski definition) is 0. The minimum absolute atomic E-state index is 0.160. The summed E-state index contributed by atoms with van der Waals surface area (Å²) in [5.41, 5.74) is 5.07. The summed E-state index contributed by atoms with van der Waals surface area (Å²) in [5.74, 6) is 0.160. The zero-order valence-electron chi connectivity index (χ0n) is 15.4. The van der Waals surface area contributed by atoms with Crippen LogP contribution in [0.5, 0.6) is 0 Å². The molecular weight excluding hydrogens is 330 g/mol. The molecule has 1 saturated heterocycles. The van der Waals surface area contributed by atoms with Crippen LogP contribution in [0.15, 0.2) is 29.8 Å². The molecule has 1 aliphatic heterocycles. The predicted octanol–water partition coefficient (Wildman–Crippen LogP) is 3.54. The van der Waals surface area contributed by atoms with Crippen molar-refractivity contribution in [3.05, 3.63) is 51.5 Å². The molecule has 4 nitrogen and oxygen atoms in total. The van der Waals surface area contributed by atoms with E-state index in [1.807, 2.05) is 41.6 Å². The van der Waals surface area contributed by atoms with Gasteiger partial charge in [0.05, 0.1) is 11.2 Å². The molecule has 1 aliphatic rings. The molecule has 1 fully saturated rings. The van der Waals surface area contributed by atoms with Crippen LogP contribution < -0.4 is 0 Å². The fourth-order valence-electron chi connectivity index (χ4n) is 3.53. The lowest BCUT2D eigenvalue weighted by molar-refractivity contribution is 0.0694. The van der Waals surface area contributed by atoms with Crippen LogP contribution in [0.3, 0.4) is 0 Å². The van der Waals surface area contributed by atoms with Crippen molar-refractivity contribution >= 4 is 17.2 Å². The van der Waals surface area contributed by atoms with Gasteiger partial charge in [0.1, 0.15) is 0 Å². The number of benzene rings is 1. The van der Waals surface area contributed by atoms with E-state index in [1.165, 1.54) is 10.4 Å². The molecule has 0 spiro atoms. The van der Waals surface area contributed by atoms with Gasteiger partial charge in [-0.15, -0.1) is 11.3 Å². The lowest BCUT2D eigenvalue weighted by Crippen LogP contribution is -2.42. The van der Waals surface area contributed by atoms with E-state index in [-0.39, 0.29) is 5.91 Å². The molecule has 1 atom stereocenters. The van der Waals surface area contributed by atoms with Gasteiger partial charge in [0.2, 0.25) is 0 Å². The van der Waals surface area contributed by atoms with E-state index in [0.717, 1.165) is 50.3 Å². The third-order valence-corrected chi connectivity index (χ3v) is 6.08. The second-order valence-corrected chi connectivity index (χ2v) is 7.75. The predicted molar refractivity (Wildman–Crippen MR) is 103 cm³/mol. The Balaban J connectivity index is 1.58. The number of amides is 1. The highest BCUT2D eigenvalue weighted by Gasteiger charge is 2.30. The van der Waals surface area contributed by atoms with Crippen LogP contribution in [-0.4, -0.2) is 52.9 Å². The topological polar surface area (TPSA) is 36.4 Å². The van der Waals surface area contributed by atoms with Gasteiger partial charge in [-0.1, -0.05) is 17.7 Å². The highest BCUT2D eigenvalue weighted by Crippen LogP contribution is 2.20. The van der Waals surface area contributed by atoms with Gasteiger partial charge >= 0.3 is 0 Å². The van der Waals surface area contributed by atoms with Gasteiger partial charge in [-0.25, -0.2) is 4.98 Å². The van der Waals surface area contributed by atoms with E-state index in [1.54, 1.807) is 11.3 Å². The molecule has 3 rings (SSSR count). The van der Waals surface area contributed by atoms with Crippen molar-refractivity contribution in [1.29, 1.82) is 0 Å². The number of thiazole rings is 1. The Morgan fingerprint density at radius 3 is 2.72 bits per heavy atom. The van der Waals surface area contributed by atoms with E-state index in [2.05, 4.69) is 23.7 Å². The Labute approximate surface area is 154 Å². The fourth-order valence-corrected chi connectivity index (χ4v) is 4.30. The maximum Gasteiger partial charge on any atom is 0.254 e. The van der Waals surface area contributed by atoms with Crippen LogP contribution >= 0.6 is 11.3 Å². The van der Waals surface area contributed by atoms with E-state index in [0.29, 0.717) is 6.04 Å². The molecule has 1 aromatic carbocycles. The summed E-state index contributed by atoms with van der Waals surface area (Å²) in [6.07, 6.45) is 2.12. The number of carbonyl (C=O) groups excluding carboxylic acids is 1. The van der Waals surface area contributed by atoms with Crippen molar-refractivity contribution in [2.24, 2.45) is 0 Å². The van der Waals surface area contributed by atoms with Crippen LogP contribution in [0.2, 0.25) is 0 Å². The van der Waals surface area contributed by atoms with Crippen LogP contribution in [0.25, 0.3) is 0 Å². The van der Waals surface area contributed by atoms with E-state index >= 15 is 0 Å². The highest BCUT2D eigenvalue weighted by atomic mass is 32.1. The third kappa shape index (κ3) is 4.28. The van der Waals surface area contributed by atoms with Crippen LogP contribution in [0.4, 0.5) is 0 Å². The van der Waals surface area contributed by atoms with Gasteiger partial charge in [-0.2, -0.15) is 0 Å². The summed E-state index contributed by atoms with van der Waals surface area (Å²) in [4.78, 5) is 23.1. The average Bonchev–Trinajstić information content (AvgIpc) is 3.23. The second kappa shape index (κ2) is 8.11. The quantitative estimate of drug-likeness (QED) is 0.793. The first-order valence-corrected chi connectivity index (χ1v) is 9.95. The van der Waals surface area contributed by atoms with Gasteiger partial charge in [0.25, 0.3) is 5.91 Å². The lowest BCUT2D eigenvalue weighted by atomic mass is 10.1. The van der Waals surface area contributed by atoms with Crippen molar-refractivity contribution in [3.63, 3.8) is 0 Å². The smallest absolute Gasteiger partial charge is 0.254 e. The van der Waals surface area contributed by atoms with E-state index in [9.17, 15) is 4.79 Å². The van der Waals surface area contributed by atoms with Gasteiger partial charge in [0.15, 0.2) is 0 Å². The Morgan fingerprint density at radius 1 is 1.32 bits per heavy atom. The van der Waals surface area contributed by atoms with Gasteiger partial charge in [-0.05, 0) is 45.7 Å². The number of aromatic nitrogens is 1.